The molecule has 0 aliphatic heterocycles. The van der Waals surface area contributed by atoms with Crippen molar-refractivity contribution in [2.45, 2.75) is 25.5 Å². The molecule has 0 bridgehead atoms. The topological polar surface area (TPSA) is 128 Å². The molecule has 3 N–H and O–H groups in total. The van der Waals surface area contributed by atoms with Gasteiger partial charge in [0.05, 0.1) is 0 Å². The molecule has 0 aliphatic carbocycles. The van der Waals surface area contributed by atoms with Crippen LogP contribution in [0.15, 0.2) is 27.4 Å². The lowest BCUT2D eigenvalue weighted by molar-refractivity contribution is 0.0979. The number of anilines is 1. The first kappa shape index (κ1) is 16.2. The third kappa shape index (κ3) is 2.75. The average Bonchev–Trinajstić information content (AvgIpc) is 2.36. The lowest BCUT2D eigenvalue weighted by Crippen LogP contribution is -2.33. The quantitative estimate of drug-likeness (QED) is 0.377. The van der Waals surface area contributed by atoms with Gasteiger partial charge in [0.1, 0.15) is 16.4 Å². The maximum atomic E-state index is 12.4. The zero-order valence-corrected chi connectivity index (χ0v) is 12.8. The van der Waals surface area contributed by atoms with Crippen LogP contribution in [0.25, 0.3) is 11.0 Å². The SMILES string of the molecule is CCC(C(=O)c1c(C)c2ccc(N)cc2oc1=O)S(=O)(=O)O. The zero-order valence-electron chi connectivity index (χ0n) is 12.0. The molecule has 0 spiro atoms. The summed E-state index contributed by atoms with van der Waals surface area (Å²) in [5, 5.41) is -1.22. The van der Waals surface area contributed by atoms with Gasteiger partial charge in [0, 0.05) is 17.1 Å². The predicted octanol–water partition coefficient (Wildman–Crippen LogP) is 1.53. The van der Waals surface area contributed by atoms with Gasteiger partial charge in [-0.3, -0.25) is 9.35 Å². The van der Waals surface area contributed by atoms with Gasteiger partial charge in [0.15, 0.2) is 5.78 Å². The Morgan fingerprint density at radius 3 is 2.59 bits per heavy atom. The fraction of sp³-hybridized carbons (Fsp3) is 0.286. The second-order valence-electron chi connectivity index (χ2n) is 4.92. The van der Waals surface area contributed by atoms with Crippen molar-refractivity contribution in [2.75, 3.05) is 5.73 Å². The summed E-state index contributed by atoms with van der Waals surface area (Å²) in [6.07, 6.45) is -0.156. The molecule has 22 heavy (non-hydrogen) atoms. The van der Waals surface area contributed by atoms with Crippen molar-refractivity contribution >= 4 is 32.6 Å². The molecule has 0 fully saturated rings. The molecule has 1 atom stereocenters. The number of Topliss-reactive ketones (excluding diaryl/α,β-unsaturated/α-hetero) is 1. The van der Waals surface area contributed by atoms with Crippen molar-refractivity contribution in [3.8, 4) is 0 Å². The van der Waals surface area contributed by atoms with E-state index < -0.39 is 26.8 Å². The largest absolute Gasteiger partial charge is 0.422 e. The number of carbonyl (C=O) groups excluding carboxylic acids is 1. The van der Waals surface area contributed by atoms with Crippen LogP contribution < -0.4 is 11.4 Å². The number of carbonyl (C=O) groups is 1. The molecule has 1 unspecified atom stereocenters. The molecule has 0 radical (unpaired) electrons. The zero-order chi connectivity index (χ0) is 16.7. The minimum Gasteiger partial charge on any atom is -0.422 e. The number of hydrogen-bond donors (Lipinski definition) is 2. The van der Waals surface area contributed by atoms with Crippen LogP contribution in [0.4, 0.5) is 5.69 Å². The molecule has 0 amide bonds. The van der Waals surface area contributed by atoms with Crippen LogP contribution in [0.3, 0.4) is 0 Å². The highest BCUT2D eigenvalue weighted by Crippen LogP contribution is 2.23. The first-order chi connectivity index (χ1) is 10.2. The van der Waals surface area contributed by atoms with E-state index in [4.69, 9.17) is 14.7 Å². The number of nitrogens with two attached hydrogens (primary N) is 1. The first-order valence-corrected chi connectivity index (χ1v) is 8.00. The van der Waals surface area contributed by atoms with Gasteiger partial charge in [-0.1, -0.05) is 6.92 Å². The fourth-order valence-corrected chi connectivity index (χ4v) is 3.16. The third-order valence-electron chi connectivity index (χ3n) is 3.46. The Hall–Kier alpha value is -2.19. The van der Waals surface area contributed by atoms with Crippen LogP contribution in [0.2, 0.25) is 0 Å². The van der Waals surface area contributed by atoms with Gasteiger partial charge in [-0.2, -0.15) is 8.42 Å². The van der Waals surface area contributed by atoms with E-state index in [1.165, 1.54) is 19.9 Å². The number of benzene rings is 1. The van der Waals surface area contributed by atoms with Gasteiger partial charge in [-0.05, 0) is 31.0 Å². The lowest BCUT2D eigenvalue weighted by Gasteiger charge is -2.12. The van der Waals surface area contributed by atoms with Gasteiger partial charge in [-0.25, -0.2) is 4.79 Å². The fourth-order valence-electron chi connectivity index (χ4n) is 2.35. The highest BCUT2D eigenvalue weighted by molar-refractivity contribution is 7.87. The number of nitrogen functional groups attached to an aromatic ring is 1. The van der Waals surface area contributed by atoms with Crippen molar-refractivity contribution in [1.29, 1.82) is 0 Å². The minimum atomic E-state index is -4.61. The van der Waals surface area contributed by atoms with E-state index in [1.54, 1.807) is 12.1 Å². The Kier molecular flexibility index (Phi) is 4.08. The summed E-state index contributed by atoms with van der Waals surface area (Å²) >= 11 is 0. The molecule has 1 aromatic heterocycles. The summed E-state index contributed by atoms with van der Waals surface area (Å²) < 4.78 is 36.8. The molecule has 7 nitrogen and oxygen atoms in total. The van der Waals surface area contributed by atoms with Crippen molar-refractivity contribution in [3.63, 3.8) is 0 Å². The second kappa shape index (κ2) is 5.54. The minimum absolute atomic E-state index is 0.156. The van der Waals surface area contributed by atoms with E-state index in [9.17, 15) is 18.0 Å². The summed E-state index contributed by atoms with van der Waals surface area (Å²) in [6, 6.07) is 4.59. The Morgan fingerprint density at radius 2 is 2.05 bits per heavy atom. The summed E-state index contributed by atoms with van der Waals surface area (Å²) in [5.41, 5.74) is 5.16. The molecule has 1 heterocycles. The first-order valence-electron chi connectivity index (χ1n) is 6.50. The highest BCUT2D eigenvalue weighted by Gasteiger charge is 2.33. The van der Waals surface area contributed by atoms with E-state index in [0.717, 1.165) is 0 Å². The van der Waals surface area contributed by atoms with Gasteiger partial charge in [0.25, 0.3) is 10.1 Å². The molecule has 1 aromatic carbocycles. The monoisotopic (exact) mass is 325 g/mol. The summed E-state index contributed by atoms with van der Waals surface area (Å²) in [7, 11) is -4.61. The number of ketones is 1. The third-order valence-corrected chi connectivity index (χ3v) is 4.73. The molecular weight excluding hydrogens is 310 g/mol. The maximum Gasteiger partial charge on any atom is 0.347 e. The van der Waals surface area contributed by atoms with Crippen LogP contribution in [0, 0.1) is 6.92 Å². The number of hydrogen-bond acceptors (Lipinski definition) is 6. The molecule has 2 aromatic rings. The van der Waals surface area contributed by atoms with Crippen LogP contribution in [-0.4, -0.2) is 24.0 Å². The van der Waals surface area contributed by atoms with E-state index in [2.05, 4.69) is 0 Å². The van der Waals surface area contributed by atoms with Crippen LogP contribution in [-0.2, 0) is 10.1 Å². The van der Waals surface area contributed by atoms with Crippen LogP contribution in [0.1, 0.15) is 29.3 Å². The van der Waals surface area contributed by atoms with Crippen molar-refractivity contribution < 1.29 is 22.2 Å². The molecular formula is C14H15NO6S. The maximum absolute atomic E-state index is 12.4. The van der Waals surface area contributed by atoms with E-state index >= 15 is 0 Å². The Balaban J connectivity index is 2.74. The van der Waals surface area contributed by atoms with Gasteiger partial charge >= 0.3 is 5.63 Å². The number of fused-ring (bicyclic) bond motifs is 1. The Labute approximate surface area is 126 Å². The Morgan fingerprint density at radius 1 is 1.41 bits per heavy atom. The lowest BCUT2D eigenvalue weighted by atomic mass is 10.00. The van der Waals surface area contributed by atoms with Crippen molar-refractivity contribution in [1.82, 2.24) is 0 Å². The van der Waals surface area contributed by atoms with E-state index in [1.807, 2.05) is 0 Å². The number of aryl methyl sites for hydroxylation is 1. The Bertz CT molecular complexity index is 913. The van der Waals surface area contributed by atoms with Crippen LogP contribution >= 0.6 is 0 Å². The standard InChI is InChI=1S/C14H15NO6S/c1-3-11(22(18,19)20)13(16)12-7(2)9-5-4-8(15)6-10(9)21-14(12)17/h4-6,11H,3,15H2,1-2H3,(H,18,19,20). The number of rotatable bonds is 4. The highest BCUT2D eigenvalue weighted by atomic mass is 32.2. The molecule has 0 aliphatic rings. The molecule has 0 saturated heterocycles. The summed E-state index contributed by atoms with van der Waals surface area (Å²) in [5.74, 6) is -0.977. The molecule has 2 rings (SSSR count). The van der Waals surface area contributed by atoms with Crippen molar-refractivity contribution in [3.05, 3.63) is 39.7 Å². The van der Waals surface area contributed by atoms with Gasteiger partial charge in [-0.15, -0.1) is 0 Å². The van der Waals surface area contributed by atoms with E-state index in [0.29, 0.717) is 16.6 Å². The van der Waals surface area contributed by atoms with Gasteiger partial charge < -0.3 is 10.2 Å². The molecule has 0 saturated carbocycles. The molecule has 118 valence electrons. The van der Waals surface area contributed by atoms with Crippen LogP contribution in [0.5, 0.6) is 0 Å². The summed E-state index contributed by atoms with van der Waals surface area (Å²) in [4.78, 5) is 24.4. The predicted molar refractivity (Wildman–Crippen MR) is 81.6 cm³/mol. The van der Waals surface area contributed by atoms with E-state index in [-0.39, 0.29) is 17.6 Å². The second-order valence-corrected chi connectivity index (χ2v) is 6.52. The van der Waals surface area contributed by atoms with Crippen molar-refractivity contribution in [2.24, 2.45) is 0 Å². The normalized spacial score (nSPS) is 13.2. The molecule has 8 heteroatoms. The average molecular weight is 325 g/mol. The smallest absolute Gasteiger partial charge is 0.347 e. The van der Waals surface area contributed by atoms with Gasteiger partial charge in [0.2, 0.25) is 0 Å². The summed E-state index contributed by atoms with van der Waals surface area (Å²) in [6.45, 7) is 2.94.